The van der Waals surface area contributed by atoms with Crippen LogP contribution in [0.25, 0.3) is 11.0 Å². The SMILES string of the molecule is Cc1ccc(Oc2ccc3c(c2)nnn3CC(C)(C)C)nn1. The lowest BCUT2D eigenvalue weighted by Gasteiger charge is -2.17. The summed E-state index contributed by atoms with van der Waals surface area (Å²) in [5.41, 5.74) is 2.81. The number of benzene rings is 1. The minimum absolute atomic E-state index is 0.146. The third kappa shape index (κ3) is 3.21. The van der Waals surface area contributed by atoms with E-state index in [1.807, 2.05) is 35.9 Å². The van der Waals surface area contributed by atoms with Gasteiger partial charge in [-0.15, -0.1) is 10.2 Å². The zero-order valence-corrected chi connectivity index (χ0v) is 13.2. The Hall–Kier alpha value is -2.50. The van der Waals surface area contributed by atoms with Gasteiger partial charge in [-0.25, -0.2) is 4.68 Å². The van der Waals surface area contributed by atoms with E-state index in [0.29, 0.717) is 11.6 Å². The van der Waals surface area contributed by atoms with E-state index in [2.05, 4.69) is 41.3 Å². The van der Waals surface area contributed by atoms with Crippen LogP contribution in [0.5, 0.6) is 11.6 Å². The molecule has 3 aromatic rings. The standard InChI is InChI=1S/C16H19N5O/c1-11-5-8-15(19-17-11)22-12-6-7-14-13(9-12)18-20-21(14)10-16(2,3)4/h5-9H,10H2,1-4H3. The predicted molar refractivity (Wildman–Crippen MR) is 83.8 cm³/mol. The van der Waals surface area contributed by atoms with Crippen molar-refractivity contribution in [3.05, 3.63) is 36.0 Å². The predicted octanol–water partition coefficient (Wildman–Crippen LogP) is 3.37. The first-order chi connectivity index (χ1) is 10.4. The van der Waals surface area contributed by atoms with Crippen molar-refractivity contribution in [1.82, 2.24) is 25.2 Å². The van der Waals surface area contributed by atoms with Crippen LogP contribution in [-0.4, -0.2) is 25.2 Å². The number of hydrogen-bond acceptors (Lipinski definition) is 5. The van der Waals surface area contributed by atoms with E-state index in [-0.39, 0.29) is 5.41 Å². The third-order valence-corrected chi connectivity index (χ3v) is 3.11. The molecule has 0 saturated carbocycles. The lowest BCUT2D eigenvalue weighted by Crippen LogP contribution is -2.16. The van der Waals surface area contributed by atoms with E-state index in [1.54, 1.807) is 6.07 Å². The Kier molecular flexibility index (Phi) is 3.52. The van der Waals surface area contributed by atoms with Gasteiger partial charge in [-0.1, -0.05) is 26.0 Å². The molecular weight excluding hydrogens is 278 g/mol. The average molecular weight is 297 g/mol. The van der Waals surface area contributed by atoms with E-state index in [1.165, 1.54) is 0 Å². The number of fused-ring (bicyclic) bond motifs is 1. The molecule has 114 valence electrons. The largest absolute Gasteiger partial charge is 0.437 e. The Morgan fingerprint density at radius 1 is 1.05 bits per heavy atom. The Balaban J connectivity index is 1.86. The van der Waals surface area contributed by atoms with Crippen molar-refractivity contribution in [2.45, 2.75) is 34.2 Å². The molecule has 6 nitrogen and oxygen atoms in total. The second-order valence-corrected chi connectivity index (χ2v) is 6.57. The van der Waals surface area contributed by atoms with Gasteiger partial charge in [0.2, 0.25) is 5.88 Å². The molecule has 0 N–H and O–H groups in total. The molecule has 0 amide bonds. The van der Waals surface area contributed by atoms with Gasteiger partial charge >= 0.3 is 0 Å². The van der Waals surface area contributed by atoms with Gasteiger partial charge in [0.25, 0.3) is 0 Å². The molecule has 0 saturated heterocycles. The van der Waals surface area contributed by atoms with Crippen molar-refractivity contribution in [1.29, 1.82) is 0 Å². The van der Waals surface area contributed by atoms with Crippen molar-refractivity contribution in [3.8, 4) is 11.6 Å². The van der Waals surface area contributed by atoms with E-state index in [9.17, 15) is 0 Å². The molecule has 0 spiro atoms. The third-order valence-electron chi connectivity index (χ3n) is 3.11. The van der Waals surface area contributed by atoms with Gasteiger partial charge in [0.05, 0.1) is 11.2 Å². The van der Waals surface area contributed by atoms with Crippen LogP contribution in [0.4, 0.5) is 0 Å². The molecule has 0 bridgehead atoms. The average Bonchev–Trinajstić information content (AvgIpc) is 2.82. The van der Waals surface area contributed by atoms with Gasteiger partial charge in [-0.05, 0) is 30.5 Å². The van der Waals surface area contributed by atoms with Crippen LogP contribution in [0.15, 0.2) is 30.3 Å². The Morgan fingerprint density at radius 2 is 1.86 bits per heavy atom. The Morgan fingerprint density at radius 3 is 2.55 bits per heavy atom. The molecule has 1 aromatic carbocycles. The first-order valence-electron chi connectivity index (χ1n) is 7.22. The Labute approximate surface area is 129 Å². The van der Waals surface area contributed by atoms with Crippen molar-refractivity contribution >= 4 is 11.0 Å². The molecular formula is C16H19N5O. The molecule has 0 aliphatic heterocycles. The van der Waals surface area contributed by atoms with Gasteiger partial charge in [-0.3, -0.25) is 0 Å². The van der Waals surface area contributed by atoms with Crippen LogP contribution in [0, 0.1) is 12.3 Å². The fourth-order valence-electron chi connectivity index (χ4n) is 2.14. The zero-order chi connectivity index (χ0) is 15.7. The molecule has 6 heteroatoms. The number of aromatic nitrogens is 5. The molecule has 0 aliphatic rings. The minimum atomic E-state index is 0.146. The fourth-order valence-corrected chi connectivity index (χ4v) is 2.14. The van der Waals surface area contributed by atoms with Crippen molar-refractivity contribution < 1.29 is 4.74 Å². The molecule has 0 radical (unpaired) electrons. The summed E-state index contributed by atoms with van der Waals surface area (Å²) in [6.45, 7) is 9.22. The molecule has 3 rings (SSSR count). The second kappa shape index (κ2) is 5.36. The van der Waals surface area contributed by atoms with Crippen molar-refractivity contribution in [2.24, 2.45) is 5.41 Å². The first-order valence-corrected chi connectivity index (χ1v) is 7.22. The van der Waals surface area contributed by atoms with Crippen molar-refractivity contribution in [3.63, 3.8) is 0 Å². The molecule has 2 aromatic heterocycles. The van der Waals surface area contributed by atoms with Gasteiger partial charge in [0.1, 0.15) is 11.3 Å². The van der Waals surface area contributed by atoms with Gasteiger partial charge in [0, 0.05) is 18.7 Å². The van der Waals surface area contributed by atoms with Crippen LogP contribution >= 0.6 is 0 Å². The van der Waals surface area contributed by atoms with E-state index in [4.69, 9.17) is 4.74 Å². The summed E-state index contributed by atoms with van der Waals surface area (Å²) >= 11 is 0. The van der Waals surface area contributed by atoms with Gasteiger partial charge in [-0.2, -0.15) is 5.10 Å². The number of rotatable bonds is 3. The maximum Gasteiger partial charge on any atom is 0.238 e. The molecule has 0 aliphatic carbocycles. The van der Waals surface area contributed by atoms with Crippen LogP contribution in [0.3, 0.4) is 0 Å². The Bertz CT molecular complexity index is 786. The highest BCUT2D eigenvalue weighted by Crippen LogP contribution is 2.25. The van der Waals surface area contributed by atoms with Crippen LogP contribution in [-0.2, 0) is 6.54 Å². The number of aryl methyl sites for hydroxylation is 1. The summed E-state index contributed by atoms with van der Waals surface area (Å²) in [6, 6.07) is 9.39. The molecule has 0 atom stereocenters. The summed E-state index contributed by atoms with van der Waals surface area (Å²) < 4.78 is 7.62. The number of hydrogen-bond donors (Lipinski definition) is 0. The highest BCUT2D eigenvalue weighted by atomic mass is 16.5. The summed E-state index contributed by atoms with van der Waals surface area (Å²) in [5, 5.41) is 16.4. The normalized spacial score (nSPS) is 11.8. The maximum atomic E-state index is 5.70. The quantitative estimate of drug-likeness (QED) is 0.741. The summed E-state index contributed by atoms with van der Waals surface area (Å²) in [6.07, 6.45) is 0. The molecule has 0 fully saturated rings. The lowest BCUT2D eigenvalue weighted by molar-refractivity contribution is 0.327. The zero-order valence-electron chi connectivity index (χ0n) is 13.2. The molecule has 2 heterocycles. The maximum absolute atomic E-state index is 5.70. The van der Waals surface area contributed by atoms with E-state index in [0.717, 1.165) is 23.3 Å². The van der Waals surface area contributed by atoms with Crippen molar-refractivity contribution in [2.75, 3.05) is 0 Å². The topological polar surface area (TPSA) is 65.7 Å². The number of nitrogens with zero attached hydrogens (tertiary/aromatic N) is 5. The van der Waals surface area contributed by atoms with Crippen LogP contribution in [0.2, 0.25) is 0 Å². The van der Waals surface area contributed by atoms with Gasteiger partial charge in [0.15, 0.2) is 0 Å². The molecule has 0 unspecified atom stereocenters. The second-order valence-electron chi connectivity index (χ2n) is 6.57. The molecule has 22 heavy (non-hydrogen) atoms. The van der Waals surface area contributed by atoms with Crippen LogP contribution in [0.1, 0.15) is 26.5 Å². The summed E-state index contributed by atoms with van der Waals surface area (Å²) in [7, 11) is 0. The van der Waals surface area contributed by atoms with Crippen LogP contribution < -0.4 is 4.74 Å². The smallest absolute Gasteiger partial charge is 0.238 e. The monoisotopic (exact) mass is 297 g/mol. The van der Waals surface area contributed by atoms with E-state index < -0.39 is 0 Å². The highest BCUT2D eigenvalue weighted by molar-refractivity contribution is 5.76. The summed E-state index contributed by atoms with van der Waals surface area (Å²) in [5.74, 6) is 1.14. The highest BCUT2D eigenvalue weighted by Gasteiger charge is 2.15. The fraction of sp³-hybridized carbons (Fsp3) is 0.375. The summed E-state index contributed by atoms with van der Waals surface area (Å²) in [4.78, 5) is 0. The van der Waals surface area contributed by atoms with Gasteiger partial charge < -0.3 is 4.74 Å². The number of ether oxygens (including phenoxy) is 1. The lowest BCUT2D eigenvalue weighted by atomic mass is 9.97. The van der Waals surface area contributed by atoms with E-state index >= 15 is 0 Å². The first kappa shape index (κ1) is 14.4. The minimum Gasteiger partial charge on any atom is -0.437 e.